The summed E-state index contributed by atoms with van der Waals surface area (Å²) < 4.78 is 5.20. The zero-order chi connectivity index (χ0) is 15.4. The summed E-state index contributed by atoms with van der Waals surface area (Å²) in [6.07, 6.45) is 3.28. The minimum absolute atomic E-state index is 0.206. The Bertz CT molecular complexity index is 852. The molecule has 3 rings (SSSR count). The van der Waals surface area contributed by atoms with Crippen molar-refractivity contribution in [3.05, 3.63) is 59.1 Å². The summed E-state index contributed by atoms with van der Waals surface area (Å²) >= 11 is 0. The van der Waals surface area contributed by atoms with E-state index in [0.717, 1.165) is 5.56 Å². The summed E-state index contributed by atoms with van der Waals surface area (Å²) in [5.41, 5.74) is 1.77. The second-order valence-corrected chi connectivity index (χ2v) is 4.41. The number of para-hydroxylation sites is 1. The van der Waals surface area contributed by atoms with Crippen LogP contribution in [-0.4, -0.2) is 22.3 Å². The predicted octanol–water partition coefficient (Wildman–Crippen LogP) is 3.19. The van der Waals surface area contributed by atoms with Gasteiger partial charge in [0.2, 0.25) is 0 Å². The largest absolute Gasteiger partial charge is 0.494 e. The topological polar surface area (TPSA) is 95.5 Å². The number of pyridine rings is 1. The second-order valence-electron chi connectivity index (χ2n) is 4.41. The Labute approximate surface area is 125 Å². The van der Waals surface area contributed by atoms with Gasteiger partial charge in [-0.2, -0.15) is 0 Å². The van der Waals surface area contributed by atoms with Gasteiger partial charge in [0.25, 0.3) is 5.56 Å². The fourth-order valence-electron chi connectivity index (χ4n) is 1.99. The molecule has 0 spiro atoms. The average Bonchev–Trinajstić information content (AvgIpc) is 2.95. The van der Waals surface area contributed by atoms with Crippen molar-refractivity contribution in [2.24, 2.45) is 10.2 Å². The van der Waals surface area contributed by atoms with Gasteiger partial charge in [-0.3, -0.25) is 20.0 Å². The highest BCUT2D eigenvalue weighted by molar-refractivity contribution is 5.70. The van der Waals surface area contributed by atoms with Crippen LogP contribution in [0.4, 0.5) is 11.4 Å². The molecular weight excluding hydrogens is 282 g/mol. The maximum atomic E-state index is 11.9. The van der Waals surface area contributed by atoms with E-state index in [1.54, 1.807) is 43.8 Å². The molecule has 7 heteroatoms. The van der Waals surface area contributed by atoms with E-state index >= 15 is 0 Å². The number of methoxy groups -OCH3 is 1. The molecule has 0 bridgehead atoms. The van der Waals surface area contributed by atoms with E-state index in [2.05, 4.69) is 25.4 Å². The van der Waals surface area contributed by atoms with Gasteiger partial charge in [-0.25, -0.2) is 0 Å². The molecule has 0 atom stereocenters. The third-order valence-corrected chi connectivity index (χ3v) is 3.06. The molecule has 0 amide bonds. The van der Waals surface area contributed by atoms with Crippen LogP contribution in [0.2, 0.25) is 0 Å². The molecule has 110 valence electrons. The zero-order valence-electron chi connectivity index (χ0n) is 11.8. The molecule has 0 unspecified atom stereocenters. The lowest BCUT2D eigenvalue weighted by atomic mass is 10.2. The normalized spacial score (nSPS) is 11.0. The Morgan fingerprint density at radius 2 is 1.82 bits per heavy atom. The van der Waals surface area contributed by atoms with Gasteiger partial charge >= 0.3 is 0 Å². The van der Waals surface area contributed by atoms with Gasteiger partial charge in [0.05, 0.1) is 12.8 Å². The number of nitrogens with zero attached hydrogens (tertiary/aromatic N) is 3. The molecule has 0 fully saturated rings. The van der Waals surface area contributed by atoms with E-state index in [1.807, 2.05) is 12.1 Å². The predicted molar refractivity (Wildman–Crippen MR) is 81.8 cm³/mol. The number of aromatic amines is 2. The number of benzene rings is 1. The summed E-state index contributed by atoms with van der Waals surface area (Å²) in [6.45, 7) is 0. The number of ether oxygens (including phenoxy) is 1. The molecule has 22 heavy (non-hydrogen) atoms. The van der Waals surface area contributed by atoms with E-state index in [-0.39, 0.29) is 11.2 Å². The van der Waals surface area contributed by atoms with Crippen LogP contribution in [-0.2, 0) is 0 Å². The summed E-state index contributed by atoms with van der Waals surface area (Å²) in [6, 6.07) is 10.8. The van der Waals surface area contributed by atoms with E-state index in [1.165, 1.54) is 0 Å². The number of nitrogens with one attached hydrogen (secondary N) is 2. The van der Waals surface area contributed by atoms with E-state index in [9.17, 15) is 4.79 Å². The third kappa shape index (κ3) is 2.64. The van der Waals surface area contributed by atoms with Crippen molar-refractivity contribution in [2.75, 3.05) is 7.11 Å². The second kappa shape index (κ2) is 6.04. The van der Waals surface area contributed by atoms with Crippen molar-refractivity contribution in [1.29, 1.82) is 0 Å². The highest BCUT2D eigenvalue weighted by Gasteiger charge is 2.11. The molecule has 0 aliphatic carbocycles. The molecule has 0 saturated heterocycles. The van der Waals surface area contributed by atoms with Crippen molar-refractivity contribution >= 4 is 11.4 Å². The van der Waals surface area contributed by atoms with Crippen LogP contribution in [0.25, 0.3) is 11.3 Å². The molecule has 3 aromatic rings. The smallest absolute Gasteiger partial charge is 0.292 e. The molecule has 7 nitrogen and oxygen atoms in total. The van der Waals surface area contributed by atoms with Gasteiger partial charge in [0, 0.05) is 18.0 Å². The lowest BCUT2D eigenvalue weighted by Gasteiger charge is -2.01. The molecule has 0 saturated carbocycles. The van der Waals surface area contributed by atoms with E-state index < -0.39 is 0 Å². The lowest BCUT2D eigenvalue weighted by molar-refractivity contribution is 0.416. The fourth-order valence-corrected chi connectivity index (χ4v) is 1.99. The number of H-pyrrole nitrogens is 2. The fraction of sp³-hybridized carbons (Fsp3) is 0.0667. The molecule has 0 aliphatic heterocycles. The van der Waals surface area contributed by atoms with Crippen molar-refractivity contribution in [3.8, 4) is 17.0 Å². The monoisotopic (exact) mass is 295 g/mol. The Balaban J connectivity index is 2.01. The Kier molecular flexibility index (Phi) is 3.78. The Morgan fingerprint density at radius 1 is 1.05 bits per heavy atom. The van der Waals surface area contributed by atoms with Gasteiger partial charge in [-0.05, 0) is 24.3 Å². The maximum Gasteiger partial charge on any atom is 0.292 e. The molecule has 2 heterocycles. The first-order valence-corrected chi connectivity index (χ1v) is 6.55. The van der Waals surface area contributed by atoms with Crippen LogP contribution in [0.15, 0.2) is 63.8 Å². The number of aromatic nitrogens is 3. The highest BCUT2D eigenvalue weighted by Crippen LogP contribution is 2.30. The van der Waals surface area contributed by atoms with Crippen LogP contribution in [0, 0.1) is 0 Å². The van der Waals surface area contributed by atoms with Crippen molar-refractivity contribution in [2.45, 2.75) is 0 Å². The molecule has 0 aliphatic rings. The highest BCUT2D eigenvalue weighted by atomic mass is 16.5. The first-order valence-electron chi connectivity index (χ1n) is 6.55. The third-order valence-electron chi connectivity index (χ3n) is 3.06. The molecule has 2 aromatic heterocycles. The van der Waals surface area contributed by atoms with Gasteiger partial charge in [-0.1, -0.05) is 12.1 Å². The standard InChI is InChI=1S/C15H13N5O2/c1-22-12-5-3-2-4-11(12)17-19-14-13(18-20-15(14)21)10-6-8-16-9-7-10/h2-9H,1H3,(H2,18,20,21). The Hall–Kier alpha value is -3.22. The number of azo groups is 1. The maximum absolute atomic E-state index is 11.9. The SMILES string of the molecule is COc1ccccc1N=Nc1c(-c2ccncc2)[nH][nH]c1=O. The quantitative estimate of drug-likeness (QED) is 0.723. The number of hydrogen-bond acceptors (Lipinski definition) is 5. The summed E-state index contributed by atoms with van der Waals surface area (Å²) in [5, 5.41) is 13.5. The summed E-state index contributed by atoms with van der Waals surface area (Å²) in [7, 11) is 1.56. The zero-order valence-corrected chi connectivity index (χ0v) is 11.8. The van der Waals surface area contributed by atoms with Gasteiger partial charge in [0.15, 0.2) is 5.69 Å². The first-order chi connectivity index (χ1) is 10.8. The van der Waals surface area contributed by atoms with Gasteiger partial charge < -0.3 is 4.74 Å². The summed E-state index contributed by atoms with van der Waals surface area (Å²) in [4.78, 5) is 15.9. The Morgan fingerprint density at radius 3 is 2.59 bits per heavy atom. The van der Waals surface area contributed by atoms with E-state index in [4.69, 9.17) is 4.74 Å². The molecule has 2 N–H and O–H groups in total. The minimum Gasteiger partial charge on any atom is -0.494 e. The molecular formula is C15H13N5O2. The molecule has 1 aromatic carbocycles. The van der Waals surface area contributed by atoms with Crippen LogP contribution >= 0.6 is 0 Å². The van der Waals surface area contributed by atoms with Crippen molar-refractivity contribution in [1.82, 2.24) is 15.2 Å². The van der Waals surface area contributed by atoms with Crippen LogP contribution in [0.5, 0.6) is 5.75 Å². The van der Waals surface area contributed by atoms with Crippen molar-refractivity contribution < 1.29 is 4.74 Å². The van der Waals surface area contributed by atoms with Gasteiger partial charge in [-0.15, -0.1) is 10.2 Å². The van der Waals surface area contributed by atoms with Crippen LogP contribution in [0.1, 0.15) is 0 Å². The number of rotatable bonds is 4. The average molecular weight is 295 g/mol. The minimum atomic E-state index is -0.342. The first kappa shape index (κ1) is 13.7. The molecule has 0 radical (unpaired) electrons. The number of hydrogen-bond donors (Lipinski definition) is 2. The van der Waals surface area contributed by atoms with Crippen LogP contribution < -0.4 is 10.3 Å². The van der Waals surface area contributed by atoms with Gasteiger partial charge in [0.1, 0.15) is 11.4 Å². The lowest BCUT2D eigenvalue weighted by Crippen LogP contribution is -1.96. The van der Waals surface area contributed by atoms with Crippen molar-refractivity contribution in [3.63, 3.8) is 0 Å². The summed E-state index contributed by atoms with van der Waals surface area (Å²) in [5.74, 6) is 0.587. The van der Waals surface area contributed by atoms with Crippen LogP contribution in [0.3, 0.4) is 0 Å². The van der Waals surface area contributed by atoms with E-state index in [0.29, 0.717) is 17.1 Å².